The zero-order valence-corrected chi connectivity index (χ0v) is 30.2. The van der Waals surface area contributed by atoms with Crippen LogP contribution in [0.4, 0.5) is 0 Å². The Balaban J connectivity index is 1.29. The summed E-state index contributed by atoms with van der Waals surface area (Å²) < 4.78 is 11.1. The highest BCUT2D eigenvalue weighted by atomic mass is 16.6. The average Bonchev–Trinajstić information content (AvgIpc) is 3.83. The van der Waals surface area contributed by atoms with Crippen LogP contribution in [0.2, 0.25) is 0 Å². The molecule has 3 aliphatic rings. The summed E-state index contributed by atoms with van der Waals surface area (Å²) in [6.07, 6.45) is 1.67. The molecule has 12 nitrogen and oxygen atoms in total. The molecule has 7 atom stereocenters. The van der Waals surface area contributed by atoms with E-state index in [0.717, 1.165) is 11.1 Å². The SMILES string of the molecule is CC(C)C[C@H](NC(=O)[C@H](CCc1ccccc1)NC(=O)CN1CCOCC1)C(=O)N[C@@H](Cc1ccccc1)C(=O)N[C@H]1CC(C)[C@H]2O[C@@]2(C)C1=O. The molecule has 4 amide bonds. The van der Waals surface area contributed by atoms with Crippen molar-refractivity contribution in [3.8, 4) is 0 Å². The van der Waals surface area contributed by atoms with Gasteiger partial charge < -0.3 is 30.7 Å². The molecule has 5 rings (SSSR count). The van der Waals surface area contributed by atoms with Gasteiger partial charge in [-0.15, -0.1) is 0 Å². The van der Waals surface area contributed by atoms with E-state index in [0.29, 0.717) is 52.0 Å². The minimum atomic E-state index is -1.01. The van der Waals surface area contributed by atoms with Crippen LogP contribution in [0.15, 0.2) is 60.7 Å². The van der Waals surface area contributed by atoms with Gasteiger partial charge in [-0.1, -0.05) is 81.4 Å². The standard InChI is InChI=1S/C39H53N5O7/c1-25(2)21-31(42-36(47)29(16-15-27-11-7-5-8-12-27)40-33(45)24-44-17-19-50-20-18-44)37(48)43-32(23-28-13-9-6-10-14-28)38(49)41-30-22-26(3)35-39(4,51-35)34(30)46/h5-14,25-26,29-32,35H,15-24H2,1-4H3,(H,40,45)(H,41,49)(H,42,47)(H,43,48)/t26?,29-,30-,31-,32-,35+,39-/m0/s1. The molecule has 0 spiro atoms. The van der Waals surface area contributed by atoms with Crippen LogP contribution in [0, 0.1) is 11.8 Å². The molecule has 0 bridgehead atoms. The summed E-state index contributed by atoms with van der Waals surface area (Å²) in [5.41, 5.74) is 0.953. The van der Waals surface area contributed by atoms with E-state index in [1.165, 1.54) is 0 Å². The number of epoxide rings is 1. The van der Waals surface area contributed by atoms with Gasteiger partial charge in [0.2, 0.25) is 23.6 Å². The maximum atomic E-state index is 14.0. The van der Waals surface area contributed by atoms with Crippen LogP contribution in [-0.4, -0.2) is 103 Å². The van der Waals surface area contributed by atoms with E-state index in [1.54, 1.807) is 6.92 Å². The Bertz CT molecular complexity index is 1520. The van der Waals surface area contributed by atoms with E-state index in [9.17, 15) is 24.0 Å². The summed E-state index contributed by atoms with van der Waals surface area (Å²) in [5.74, 6) is -1.80. The molecule has 2 aliphatic heterocycles. The Kier molecular flexibility index (Phi) is 13.0. The lowest BCUT2D eigenvalue weighted by Crippen LogP contribution is -2.60. The van der Waals surface area contributed by atoms with Crippen LogP contribution >= 0.6 is 0 Å². The molecule has 2 aromatic carbocycles. The second-order valence-electron chi connectivity index (χ2n) is 14.8. The van der Waals surface area contributed by atoms with Crippen molar-refractivity contribution in [2.24, 2.45) is 11.8 Å². The highest BCUT2D eigenvalue weighted by Gasteiger charge is 2.65. The van der Waals surface area contributed by atoms with Crippen LogP contribution in [0.25, 0.3) is 0 Å². The lowest BCUT2D eigenvalue weighted by Gasteiger charge is -2.30. The van der Waals surface area contributed by atoms with E-state index in [1.807, 2.05) is 86.3 Å². The number of morpholine rings is 1. The van der Waals surface area contributed by atoms with Gasteiger partial charge in [-0.2, -0.15) is 0 Å². The number of hydrogen-bond donors (Lipinski definition) is 4. The fourth-order valence-corrected chi connectivity index (χ4v) is 7.17. The molecule has 3 fully saturated rings. The quantitative estimate of drug-likeness (QED) is 0.193. The van der Waals surface area contributed by atoms with Gasteiger partial charge in [-0.3, -0.25) is 28.9 Å². The second kappa shape index (κ2) is 17.4. The minimum absolute atomic E-state index is 0.0229. The number of Topliss-reactive ketones (excluding diaryl/α,β-unsaturated/α-hetero) is 1. The summed E-state index contributed by atoms with van der Waals surface area (Å²) in [7, 11) is 0. The van der Waals surface area contributed by atoms with Crippen molar-refractivity contribution in [3.63, 3.8) is 0 Å². The highest BCUT2D eigenvalue weighted by molar-refractivity contribution is 6.00. The summed E-state index contributed by atoms with van der Waals surface area (Å²) in [5, 5.41) is 11.6. The number of amides is 4. The van der Waals surface area contributed by atoms with Gasteiger partial charge in [-0.05, 0) is 55.6 Å². The topological polar surface area (TPSA) is 158 Å². The molecule has 12 heteroatoms. The number of ketones is 1. The lowest BCUT2D eigenvalue weighted by atomic mass is 9.79. The number of nitrogens with one attached hydrogen (secondary N) is 4. The average molecular weight is 704 g/mol. The highest BCUT2D eigenvalue weighted by Crippen LogP contribution is 2.48. The Morgan fingerprint density at radius 2 is 1.45 bits per heavy atom. The van der Waals surface area contributed by atoms with Crippen LogP contribution in [0.3, 0.4) is 0 Å². The van der Waals surface area contributed by atoms with Crippen LogP contribution in [-0.2, 0) is 46.3 Å². The van der Waals surface area contributed by atoms with Gasteiger partial charge in [0.15, 0.2) is 11.4 Å². The Morgan fingerprint density at radius 3 is 2.10 bits per heavy atom. The number of carbonyl (C=O) groups excluding carboxylic acids is 5. The molecule has 51 heavy (non-hydrogen) atoms. The molecular formula is C39H53N5O7. The molecule has 1 aliphatic carbocycles. The normalized spacial score (nSPS) is 24.8. The summed E-state index contributed by atoms with van der Waals surface area (Å²) in [6.45, 7) is 10.1. The maximum Gasteiger partial charge on any atom is 0.243 e. The molecular weight excluding hydrogens is 650 g/mol. The van der Waals surface area contributed by atoms with Crippen molar-refractivity contribution in [1.82, 2.24) is 26.2 Å². The van der Waals surface area contributed by atoms with E-state index >= 15 is 0 Å². The first-order valence-electron chi connectivity index (χ1n) is 18.2. The lowest BCUT2D eigenvalue weighted by molar-refractivity contribution is -0.135. The number of rotatable bonds is 16. The van der Waals surface area contributed by atoms with Gasteiger partial charge in [-0.25, -0.2) is 0 Å². The monoisotopic (exact) mass is 703 g/mol. The van der Waals surface area contributed by atoms with Crippen molar-refractivity contribution < 1.29 is 33.4 Å². The third kappa shape index (κ3) is 10.5. The predicted molar refractivity (Wildman–Crippen MR) is 191 cm³/mol. The zero-order valence-electron chi connectivity index (χ0n) is 30.2. The van der Waals surface area contributed by atoms with Gasteiger partial charge in [0, 0.05) is 19.5 Å². The van der Waals surface area contributed by atoms with E-state index < -0.39 is 47.5 Å². The van der Waals surface area contributed by atoms with Crippen LogP contribution in [0.5, 0.6) is 0 Å². The third-order valence-electron chi connectivity index (χ3n) is 10.0. The van der Waals surface area contributed by atoms with E-state index in [-0.39, 0.29) is 42.6 Å². The van der Waals surface area contributed by atoms with Crippen LogP contribution < -0.4 is 21.3 Å². The summed E-state index contributed by atoms with van der Waals surface area (Å²) in [6, 6.07) is 15.4. The molecule has 2 heterocycles. The first-order valence-corrected chi connectivity index (χ1v) is 18.2. The van der Waals surface area contributed by atoms with E-state index in [4.69, 9.17) is 9.47 Å². The minimum Gasteiger partial charge on any atom is -0.379 e. The smallest absolute Gasteiger partial charge is 0.243 e. The molecule has 276 valence electrons. The third-order valence-corrected chi connectivity index (χ3v) is 10.0. The molecule has 1 saturated carbocycles. The number of benzene rings is 2. The molecule has 1 unspecified atom stereocenters. The molecule has 4 N–H and O–H groups in total. The number of carbonyl (C=O) groups is 5. The fourth-order valence-electron chi connectivity index (χ4n) is 7.17. The molecule has 0 radical (unpaired) electrons. The number of aryl methyl sites for hydroxylation is 1. The summed E-state index contributed by atoms with van der Waals surface area (Å²) >= 11 is 0. The van der Waals surface area contributed by atoms with Crippen molar-refractivity contribution in [2.45, 2.75) is 95.7 Å². The van der Waals surface area contributed by atoms with Crippen molar-refractivity contribution >= 4 is 29.4 Å². The number of hydrogen-bond acceptors (Lipinski definition) is 8. The summed E-state index contributed by atoms with van der Waals surface area (Å²) in [4.78, 5) is 70.1. The van der Waals surface area contributed by atoms with Crippen LogP contribution in [0.1, 0.15) is 58.1 Å². The Hall–Kier alpha value is -4.13. The van der Waals surface area contributed by atoms with Gasteiger partial charge >= 0.3 is 0 Å². The largest absolute Gasteiger partial charge is 0.379 e. The predicted octanol–water partition coefficient (Wildman–Crippen LogP) is 1.95. The molecule has 0 aromatic heterocycles. The fraction of sp³-hybridized carbons (Fsp3) is 0.564. The van der Waals surface area contributed by atoms with Gasteiger partial charge in [0.1, 0.15) is 18.1 Å². The first-order chi connectivity index (χ1) is 24.4. The zero-order chi connectivity index (χ0) is 36.5. The Morgan fingerprint density at radius 1 is 0.843 bits per heavy atom. The van der Waals surface area contributed by atoms with Gasteiger partial charge in [0.05, 0.1) is 31.9 Å². The van der Waals surface area contributed by atoms with Crippen molar-refractivity contribution in [2.75, 3.05) is 32.8 Å². The maximum absolute atomic E-state index is 14.0. The Labute approximate surface area is 300 Å². The number of nitrogens with zero attached hydrogens (tertiary/aromatic N) is 1. The molecule has 2 saturated heterocycles. The van der Waals surface area contributed by atoms with E-state index in [2.05, 4.69) is 21.3 Å². The van der Waals surface area contributed by atoms with Crippen molar-refractivity contribution in [3.05, 3.63) is 71.8 Å². The number of fused-ring (bicyclic) bond motifs is 1. The van der Waals surface area contributed by atoms with Gasteiger partial charge in [0.25, 0.3) is 0 Å². The van der Waals surface area contributed by atoms with Crippen molar-refractivity contribution in [1.29, 1.82) is 0 Å². The molecule has 2 aromatic rings. The number of ether oxygens (including phenoxy) is 2. The second-order valence-corrected chi connectivity index (χ2v) is 14.8. The first kappa shape index (κ1) is 38.1.